The molecule has 0 heterocycles. The molecule has 2 N–H and O–H groups in total. The first kappa shape index (κ1) is 16.7. The Kier molecular flexibility index (Phi) is 6.45. The molecule has 0 aliphatic rings. The van der Waals surface area contributed by atoms with E-state index in [1.54, 1.807) is 0 Å². The number of halogens is 1. The molecule has 1 rings (SSSR count). The van der Waals surface area contributed by atoms with Crippen LogP contribution in [-0.2, 0) is 4.79 Å². The number of urea groups is 1. The molecule has 0 saturated carbocycles. The van der Waals surface area contributed by atoms with E-state index in [0.717, 1.165) is 6.42 Å². The maximum absolute atomic E-state index is 13.2. The third-order valence-electron chi connectivity index (χ3n) is 2.65. The Balaban J connectivity index is 2.72. The second-order valence-electron chi connectivity index (χ2n) is 4.48. The number of hydrogen-bond acceptors (Lipinski definition) is 3. The van der Waals surface area contributed by atoms with Crippen LogP contribution in [0.1, 0.15) is 19.8 Å². The van der Waals surface area contributed by atoms with Crippen LogP contribution in [0.15, 0.2) is 18.2 Å². The second-order valence-corrected chi connectivity index (χ2v) is 4.48. The van der Waals surface area contributed by atoms with Crippen LogP contribution >= 0.6 is 0 Å². The largest absolute Gasteiger partial charge is 0.491 e. The number of ether oxygens (including phenoxy) is 1. The Morgan fingerprint density at radius 3 is 2.76 bits per heavy atom. The molecule has 0 saturated heterocycles. The zero-order valence-electron chi connectivity index (χ0n) is 12.1. The van der Waals surface area contributed by atoms with Crippen molar-refractivity contribution < 1.29 is 23.8 Å². The fourth-order valence-electron chi connectivity index (χ4n) is 1.51. The summed E-state index contributed by atoms with van der Waals surface area (Å²) in [6, 6.07) is 3.33. The molecular weight excluding hydrogens is 279 g/mol. The summed E-state index contributed by atoms with van der Waals surface area (Å²) >= 11 is 0. The number of amides is 2. The SMILES string of the molecule is CCCOc1cc(F)ccc1NC(=O)N(C)CCC(=O)O. The highest BCUT2D eigenvalue weighted by Gasteiger charge is 2.13. The van der Waals surface area contributed by atoms with Crippen LogP contribution in [-0.4, -0.2) is 42.2 Å². The van der Waals surface area contributed by atoms with E-state index < -0.39 is 17.8 Å². The lowest BCUT2D eigenvalue weighted by atomic mass is 10.3. The van der Waals surface area contributed by atoms with Gasteiger partial charge in [0, 0.05) is 19.7 Å². The van der Waals surface area contributed by atoms with Crippen LogP contribution < -0.4 is 10.1 Å². The highest BCUT2D eigenvalue weighted by molar-refractivity contribution is 5.91. The lowest BCUT2D eigenvalue weighted by Crippen LogP contribution is -2.33. The third kappa shape index (κ3) is 5.68. The van der Waals surface area contributed by atoms with E-state index >= 15 is 0 Å². The number of hydrogen-bond donors (Lipinski definition) is 2. The van der Waals surface area contributed by atoms with Gasteiger partial charge in [0.2, 0.25) is 0 Å². The molecule has 0 fully saturated rings. The minimum atomic E-state index is -0.983. The normalized spacial score (nSPS) is 10.0. The summed E-state index contributed by atoms with van der Waals surface area (Å²) in [6.07, 6.45) is 0.606. The summed E-state index contributed by atoms with van der Waals surface area (Å²) in [7, 11) is 1.48. The van der Waals surface area contributed by atoms with E-state index in [9.17, 15) is 14.0 Å². The van der Waals surface area contributed by atoms with Crippen molar-refractivity contribution in [1.29, 1.82) is 0 Å². The summed E-state index contributed by atoms with van der Waals surface area (Å²) < 4.78 is 18.6. The highest BCUT2D eigenvalue weighted by atomic mass is 19.1. The van der Waals surface area contributed by atoms with Gasteiger partial charge in [-0.3, -0.25) is 4.79 Å². The number of nitrogens with zero attached hydrogens (tertiary/aromatic N) is 1. The quantitative estimate of drug-likeness (QED) is 0.811. The molecule has 0 radical (unpaired) electrons. The number of rotatable bonds is 7. The van der Waals surface area contributed by atoms with Gasteiger partial charge in [0.25, 0.3) is 0 Å². The van der Waals surface area contributed by atoms with Gasteiger partial charge in [-0.15, -0.1) is 0 Å². The number of nitrogens with one attached hydrogen (secondary N) is 1. The number of carbonyl (C=O) groups excluding carboxylic acids is 1. The highest BCUT2D eigenvalue weighted by Crippen LogP contribution is 2.25. The van der Waals surface area contributed by atoms with E-state index in [0.29, 0.717) is 12.3 Å². The summed E-state index contributed by atoms with van der Waals surface area (Å²) in [6.45, 7) is 2.39. The predicted molar refractivity (Wildman–Crippen MR) is 76.1 cm³/mol. The van der Waals surface area contributed by atoms with Gasteiger partial charge in [0.15, 0.2) is 0 Å². The lowest BCUT2D eigenvalue weighted by molar-refractivity contribution is -0.137. The fourth-order valence-corrected chi connectivity index (χ4v) is 1.51. The van der Waals surface area contributed by atoms with Crippen molar-refractivity contribution in [2.45, 2.75) is 19.8 Å². The number of aliphatic carboxylic acids is 1. The van der Waals surface area contributed by atoms with Crippen LogP contribution in [0.4, 0.5) is 14.9 Å². The van der Waals surface area contributed by atoms with Crippen LogP contribution in [0.25, 0.3) is 0 Å². The minimum absolute atomic E-state index is 0.0769. The van der Waals surface area contributed by atoms with E-state index in [1.165, 1.54) is 30.1 Å². The Morgan fingerprint density at radius 1 is 1.43 bits per heavy atom. The molecule has 7 heteroatoms. The number of benzene rings is 1. The molecule has 21 heavy (non-hydrogen) atoms. The van der Waals surface area contributed by atoms with Gasteiger partial charge in [0.05, 0.1) is 18.7 Å². The first-order valence-corrected chi connectivity index (χ1v) is 6.60. The first-order chi connectivity index (χ1) is 9.93. The molecule has 0 bridgehead atoms. The number of carboxylic acids is 1. The molecule has 6 nitrogen and oxygen atoms in total. The molecule has 0 spiro atoms. The maximum atomic E-state index is 13.2. The Hall–Kier alpha value is -2.31. The standard InChI is InChI=1S/C14H19FN2O4/c1-3-8-21-12-9-10(15)4-5-11(12)16-14(20)17(2)7-6-13(18)19/h4-5,9H,3,6-8H2,1-2H3,(H,16,20)(H,18,19). The Bertz CT molecular complexity index is 508. The Labute approximate surface area is 122 Å². The minimum Gasteiger partial charge on any atom is -0.491 e. The molecular formula is C14H19FN2O4. The summed E-state index contributed by atoms with van der Waals surface area (Å²) in [4.78, 5) is 23.6. The van der Waals surface area contributed by atoms with Gasteiger partial charge < -0.3 is 20.1 Å². The zero-order chi connectivity index (χ0) is 15.8. The summed E-state index contributed by atoms with van der Waals surface area (Å²) in [5, 5.41) is 11.2. The smallest absolute Gasteiger partial charge is 0.321 e. The van der Waals surface area contributed by atoms with Gasteiger partial charge in [-0.1, -0.05) is 6.92 Å². The van der Waals surface area contributed by atoms with Crippen molar-refractivity contribution in [3.63, 3.8) is 0 Å². The molecule has 0 aliphatic carbocycles. The number of carboxylic acid groups (broad SMARTS) is 1. The average Bonchev–Trinajstić information content (AvgIpc) is 2.44. The number of anilines is 1. The van der Waals surface area contributed by atoms with Crippen LogP contribution in [0.5, 0.6) is 5.75 Å². The molecule has 116 valence electrons. The van der Waals surface area contributed by atoms with Gasteiger partial charge in [-0.2, -0.15) is 0 Å². The van der Waals surface area contributed by atoms with Crippen LogP contribution in [0.2, 0.25) is 0 Å². The lowest BCUT2D eigenvalue weighted by Gasteiger charge is -2.18. The topological polar surface area (TPSA) is 78.9 Å². The molecule has 0 aromatic heterocycles. The summed E-state index contributed by atoms with van der Waals surface area (Å²) in [5.41, 5.74) is 0.344. The van der Waals surface area contributed by atoms with E-state index in [1.807, 2.05) is 6.92 Å². The van der Waals surface area contributed by atoms with Gasteiger partial charge in [-0.25, -0.2) is 9.18 Å². The zero-order valence-corrected chi connectivity index (χ0v) is 12.1. The van der Waals surface area contributed by atoms with Crippen molar-refractivity contribution in [3.8, 4) is 5.75 Å². The van der Waals surface area contributed by atoms with Gasteiger partial charge in [0.1, 0.15) is 11.6 Å². The van der Waals surface area contributed by atoms with Crippen molar-refractivity contribution in [2.75, 3.05) is 25.5 Å². The molecule has 1 aromatic rings. The van der Waals surface area contributed by atoms with Crippen molar-refractivity contribution in [3.05, 3.63) is 24.0 Å². The summed E-state index contributed by atoms with van der Waals surface area (Å²) in [5.74, 6) is -1.20. The van der Waals surface area contributed by atoms with E-state index in [-0.39, 0.29) is 18.7 Å². The second kappa shape index (κ2) is 8.08. The predicted octanol–water partition coefficient (Wildman–Crippen LogP) is 2.55. The van der Waals surface area contributed by atoms with Crippen molar-refractivity contribution in [1.82, 2.24) is 4.90 Å². The molecule has 0 atom stereocenters. The van der Waals surface area contributed by atoms with Crippen LogP contribution in [0, 0.1) is 5.82 Å². The van der Waals surface area contributed by atoms with Crippen molar-refractivity contribution >= 4 is 17.7 Å². The van der Waals surface area contributed by atoms with Gasteiger partial charge in [-0.05, 0) is 18.6 Å². The average molecular weight is 298 g/mol. The molecule has 0 unspecified atom stereocenters. The van der Waals surface area contributed by atoms with Gasteiger partial charge >= 0.3 is 12.0 Å². The number of carbonyl (C=O) groups is 2. The van der Waals surface area contributed by atoms with Crippen LogP contribution in [0.3, 0.4) is 0 Å². The van der Waals surface area contributed by atoms with E-state index in [2.05, 4.69) is 5.32 Å². The molecule has 1 aromatic carbocycles. The fraction of sp³-hybridized carbons (Fsp3) is 0.429. The molecule has 2 amide bonds. The van der Waals surface area contributed by atoms with E-state index in [4.69, 9.17) is 9.84 Å². The third-order valence-corrected chi connectivity index (χ3v) is 2.65. The van der Waals surface area contributed by atoms with Crippen molar-refractivity contribution in [2.24, 2.45) is 0 Å². The maximum Gasteiger partial charge on any atom is 0.321 e. The molecule has 0 aliphatic heterocycles. The monoisotopic (exact) mass is 298 g/mol. The first-order valence-electron chi connectivity index (χ1n) is 6.60. The Morgan fingerprint density at radius 2 is 2.14 bits per heavy atom.